The van der Waals surface area contributed by atoms with Gasteiger partial charge in [-0.1, -0.05) is 34.7 Å². The molecule has 0 saturated heterocycles. The maximum absolute atomic E-state index is 13.9. The summed E-state index contributed by atoms with van der Waals surface area (Å²) >= 11 is 2.28. The van der Waals surface area contributed by atoms with Crippen LogP contribution in [-0.2, 0) is 15.8 Å². The van der Waals surface area contributed by atoms with Crippen molar-refractivity contribution in [2.75, 3.05) is 12.1 Å². The number of nitrogens with zero attached hydrogens (tertiary/aromatic N) is 2. The van der Waals surface area contributed by atoms with Crippen molar-refractivity contribution in [1.29, 1.82) is 0 Å². The van der Waals surface area contributed by atoms with Gasteiger partial charge in [0.05, 0.1) is 6.61 Å². The van der Waals surface area contributed by atoms with Crippen LogP contribution in [0.1, 0.15) is 27.0 Å². The molecular formula is C20H17FIN5O3. The lowest BCUT2D eigenvalue weighted by Gasteiger charge is -2.19. The van der Waals surface area contributed by atoms with Crippen molar-refractivity contribution in [3.63, 3.8) is 0 Å². The molecule has 1 amide bonds. The van der Waals surface area contributed by atoms with Crippen LogP contribution in [0.5, 0.6) is 5.75 Å². The molecule has 0 saturated carbocycles. The van der Waals surface area contributed by atoms with E-state index in [-0.39, 0.29) is 24.8 Å². The van der Waals surface area contributed by atoms with E-state index < -0.39 is 11.7 Å². The number of hydrogen-bond donors (Lipinski definition) is 3. The number of aliphatic imine (C=N–C) groups is 1. The summed E-state index contributed by atoms with van der Waals surface area (Å²) < 4.78 is 25.4. The van der Waals surface area contributed by atoms with E-state index in [2.05, 4.69) is 43.1 Å². The molecule has 10 heteroatoms. The predicted octanol–water partition coefficient (Wildman–Crippen LogP) is 3.94. The van der Waals surface area contributed by atoms with E-state index in [4.69, 9.17) is 15.2 Å². The van der Waals surface area contributed by atoms with Crippen LogP contribution in [0.2, 0.25) is 0 Å². The number of fused-ring (bicyclic) bond motifs is 1. The normalized spacial score (nSPS) is 13.1. The molecule has 0 fully saturated rings. The third-order valence-corrected chi connectivity index (χ3v) is 5.28. The first kappa shape index (κ1) is 20.3. The molecule has 0 bridgehead atoms. The third-order valence-electron chi connectivity index (χ3n) is 4.40. The van der Waals surface area contributed by atoms with Crippen LogP contribution in [0.15, 0.2) is 41.4 Å². The van der Waals surface area contributed by atoms with Gasteiger partial charge in [0.15, 0.2) is 12.6 Å². The Labute approximate surface area is 184 Å². The van der Waals surface area contributed by atoms with Gasteiger partial charge in [0.25, 0.3) is 5.91 Å². The summed E-state index contributed by atoms with van der Waals surface area (Å²) in [5.41, 5.74) is 8.58. The third kappa shape index (κ3) is 4.28. The number of alkyl halides is 1. The maximum atomic E-state index is 13.9. The molecule has 3 aromatic rings. The van der Waals surface area contributed by atoms with Gasteiger partial charge in [0, 0.05) is 27.5 Å². The average molecular weight is 521 g/mol. The van der Waals surface area contributed by atoms with E-state index in [9.17, 15) is 9.18 Å². The Bertz CT molecular complexity index is 1110. The van der Waals surface area contributed by atoms with Crippen molar-refractivity contribution in [1.82, 2.24) is 10.2 Å². The number of amides is 1. The molecule has 2 aromatic carbocycles. The molecule has 1 aliphatic heterocycles. The Balaban J connectivity index is 1.64. The second-order valence-corrected chi connectivity index (χ2v) is 7.23. The fraction of sp³-hybridized carbons (Fsp3) is 0.150. The Hall–Kier alpha value is -2.99. The van der Waals surface area contributed by atoms with E-state index in [1.54, 1.807) is 0 Å². The first-order chi connectivity index (χ1) is 14.5. The highest BCUT2D eigenvalue weighted by Gasteiger charge is 2.19. The van der Waals surface area contributed by atoms with Crippen LogP contribution in [0.4, 0.5) is 21.7 Å². The van der Waals surface area contributed by atoms with E-state index in [0.29, 0.717) is 22.7 Å². The van der Waals surface area contributed by atoms with Crippen LogP contribution in [-0.4, -0.2) is 29.1 Å². The summed E-state index contributed by atoms with van der Waals surface area (Å²) in [6, 6.07) is 10.4. The van der Waals surface area contributed by atoms with Gasteiger partial charge in [0.1, 0.15) is 22.9 Å². The van der Waals surface area contributed by atoms with Crippen LogP contribution >= 0.6 is 22.6 Å². The van der Waals surface area contributed by atoms with Crippen LogP contribution in [0.25, 0.3) is 0 Å². The van der Waals surface area contributed by atoms with Crippen molar-refractivity contribution in [3.8, 4) is 5.75 Å². The van der Waals surface area contributed by atoms with Crippen molar-refractivity contribution >= 4 is 52.0 Å². The number of H-pyrrole nitrogens is 1. The van der Waals surface area contributed by atoms with Gasteiger partial charge >= 0.3 is 0 Å². The van der Waals surface area contributed by atoms with Gasteiger partial charge in [0.2, 0.25) is 0 Å². The molecule has 4 N–H and O–H groups in total. The number of primary amides is 1. The zero-order chi connectivity index (χ0) is 21.1. The van der Waals surface area contributed by atoms with E-state index in [1.165, 1.54) is 23.9 Å². The lowest BCUT2D eigenvalue weighted by molar-refractivity contribution is -0.0166. The monoisotopic (exact) mass is 521 g/mol. The number of nitrogens with two attached hydrogens (primary N) is 1. The van der Waals surface area contributed by atoms with Crippen LogP contribution < -0.4 is 15.8 Å². The smallest absolute Gasteiger partial charge is 0.256 e. The zero-order valence-corrected chi connectivity index (χ0v) is 17.8. The average Bonchev–Trinajstić information content (AvgIpc) is 3.15. The fourth-order valence-corrected chi connectivity index (χ4v) is 3.51. The highest BCUT2D eigenvalue weighted by molar-refractivity contribution is 14.1. The first-order valence-corrected chi connectivity index (χ1v) is 10.4. The number of rotatable bonds is 6. The largest absolute Gasteiger partial charge is 0.466 e. The Morgan fingerprint density at radius 3 is 2.90 bits per heavy atom. The second kappa shape index (κ2) is 8.79. The molecule has 154 valence electrons. The standard InChI is InChI=1S/C20H17FIN5O3/c21-14-5-12(17-13(6-14)9-29-10-30-17)8-24-19-16(18(23)28)20(27-26-19)25-15-3-1-11(7-22)2-4-15/h1-6,8H,7,9-10H2,(H2,23,28)(H2,25,26,27). The van der Waals surface area contributed by atoms with Crippen molar-refractivity contribution < 1.29 is 18.7 Å². The summed E-state index contributed by atoms with van der Waals surface area (Å²) in [7, 11) is 0. The first-order valence-electron chi connectivity index (χ1n) is 8.92. The van der Waals surface area contributed by atoms with Gasteiger partial charge in [-0.3, -0.25) is 9.89 Å². The molecule has 4 rings (SSSR count). The van der Waals surface area contributed by atoms with Gasteiger partial charge in [-0.05, 0) is 29.8 Å². The number of benzene rings is 2. The summed E-state index contributed by atoms with van der Waals surface area (Å²) in [6.45, 7) is 0.312. The minimum absolute atomic E-state index is 0.0683. The Morgan fingerprint density at radius 2 is 2.17 bits per heavy atom. The zero-order valence-electron chi connectivity index (χ0n) is 15.6. The Morgan fingerprint density at radius 1 is 1.37 bits per heavy atom. The summed E-state index contributed by atoms with van der Waals surface area (Å²) in [4.78, 5) is 16.3. The molecule has 0 aliphatic carbocycles. The number of carbonyl (C=O) groups excluding carboxylic acids is 1. The lowest BCUT2D eigenvalue weighted by atomic mass is 10.1. The summed E-state index contributed by atoms with van der Waals surface area (Å²) in [5, 5.41) is 9.90. The van der Waals surface area contributed by atoms with E-state index in [1.807, 2.05) is 24.3 Å². The molecule has 8 nitrogen and oxygen atoms in total. The predicted molar refractivity (Wildman–Crippen MR) is 118 cm³/mol. The number of ether oxygens (including phenoxy) is 2. The van der Waals surface area contributed by atoms with Crippen molar-refractivity contribution in [2.45, 2.75) is 11.0 Å². The minimum atomic E-state index is -0.701. The molecule has 2 heterocycles. The molecule has 0 radical (unpaired) electrons. The van der Waals surface area contributed by atoms with E-state index in [0.717, 1.165) is 10.1 Å². The molecule has 0 spiro atoms. The number of anilines is 2. The summed E-state index contributed by atoms with van der Waals surface area (Å²) in [6.07, 6.45) is 1.38. The van der Waals surface area contributed by atoms with Crippen LogP contribution in [0.3, 0.4) is 0 Å². The lowest BCUT2D eigenvalue weighted by Crippen LogP contribution is -2.13. The molecule has 0 atom stereocenters. The van der Waals surface area contributed by atoms with Gasteiger partial charge in [-0.25, -0.2) is 9.38 Å². The topological polar surface area (TPSA) is 115 Å². The molecule has 30 heavy (non-hydrogen) atoms. The number of aromatic nitrogens is 2. The van der Waals surface area contributed by atoms with Gasteiger partial charge in [-0.15, -0.1) is 0 Å². The van der Waals surface area contributed by atoms with E-state index >= 15 is 0 Å². The SMILES string of the molecule is NC(=O)c1c(N=Cc2cc(F)cc3c2OCOC3)n[nH]c1Nc1ccc(CI)cc1. The number of hydrogen-bond acceptors (Lipinski definition) is 6. The van der Waals surface area contributed by atoms with Crippen molar-refractivity contribution in [3.05, 3.63) is 64.5 Å². The summed E-state index contributed by atoms with van der Waals surface area (Å²) in [5.74, 6) is -0.259. The van der Waals surface area contributed by atoms with Crippen LogP contribution in [0, 0.1) is 5.82 Å². The van der Waals surface area contributed by atoms with Gasteiger partial charge < -0.3 is 20.5 Å². The molecular weight excluding hydrogens is 504 g/mol. The molecule has 0 unspecified atom stereocenters. The Kier molecular flexibility index (Phi) is 5.95. The fourth-order valence-electron chi connectivity index (χ4n) is 3.01. The quantitative estimate of drug-likeness (QED) is 0.258. The number of carbonyl (C=O) groups is 1. The van der Waals surface area contributed by atoms with Gasteiger partial charge in [-0.2, -0.15) is 5.10 Å². The number of nitrogens with one attached hydrogen (secondary N) is 2. The highest BCUT2D eigenvalue weighted by atomic mass is 127. The molecule has 1 aliphatic rings. The molecule has 1 aromatic heterocycles. The highest BCUT2D eigenvalue weighted by Crippen LogP contribution is 2.30. The maximum Gasteiger partial charge on any atom is 0.256 e. The van der Waals surface area contributed by atoms with Crippen molar-refractivity contribution in [2.24, 2.45) is 10.7 Å². The number of halogens is 2. The second-order valence-electron chi connectivity index (χ2n) is 6.47. The number of aromatic amines is 1. The minimum Gasteiger partial charge on any atom is -0.466 e.